The summed E-state index contributed by atoms with van der Waals surface area (Å²) in [6.07, 6.45) is 1.99. The molecule has 5 nitrogen and oxygen atoms in total. The Morgan fingerprint density at radius 2 is 1.96 bits per heavy atom. The fourth-order valence-corrected chi connectivity index (χ4v) is 3.36. The van der Waals surface area contributed by atoms with E-state index in [1.54, 1.807) is 0 Å². The normalized spacial score (nSPS) is 21.2. The fraction of sp³-hybridized carbons (Fsp3) is 0.947. The molecule has 0 radical (unpaired) electrons. The zero-order valence-corrected chi connectivity index (χ0v) is 16.9. The molecule has 0 aromatic rings. The summed E-state index contributed by atoms with van der Waals surface area (Å²) >= 11 is 0. The van der Waals surface area contributed by atoms with Crippen molar-refractivity contribution in [3.05, 3.63) is 0 Å². The van der Waals surface area contributed by atoms with Crippen LogP contribution in [0.15, 0.2) is 0 Å². The second-order valence-electron chi connectivity index (χ2n) is 8.62. The predicted molar refractivity (Wildman–Crippen MR) is 100 cm³/mol. The smallest absolute Gasteiger partial charge is 0.410 e. The van der Waals surface area contributed by atoms with Gasteiger partial charge in [-0.25, -0.2) is 4.79 Å². The molecule has 1 fully saturated rings. The fourth-order valence-electron chi connectivity index (χ4n) is 3.36. The zero-order valence-electron chi connectivity index (χ0n) is 16.9. The van der Waals surface area contributed by atoms with Crippen molar-refractivity contribution in [3.8, 4) is 0 Å². The Labute approximate surface area is 149 Å². The highest BCUT2D eigenvalue weighted by atomic mass is 16.6. The average molecular weight is 342 g/mol. The number of ether oxygens (including phenoxy) is 1. The van der Waals surface area contributed by atoms with E-state index >= 15 is 0 Å². The summed E-state index contributed by atoms with van der Waals surface area (Å²) in [4.78, 5) is 16.6. The molecule has 0 bridgehead atoms. The quantitative estimate of drug-likeness (QED) is 0.771. The number of hydrogen-bond acceptors (Lipinski definition) is 4. The molecule has 1 aliphatic heterocycles. The van der Waals surface area contributed by atoms with Crippen LogP contribution in [0.4, 0.5) is 4.79 Å². The second kappa shape index (κ2) is 9.04. The molecule has 1 rings (SSSR count). The van der Waals surface area contributed by atoms with Crippen LogP contribution in [-0.2, 0) is 4.74 Å². The van der Waals surface area contributed by atoms with Crippen molar-refractivity contribution in [1.29, 1.82) is 0 Å². The summed E-state index contributed by atoms with van der Waals surface area (Å²) in [5.41, 5.74) is -0.379. The first-order valence-corrected chi connectivity index (χ1v) is 9.52. The van der Waals surface area contributed by atoms with E-state index in [4.69, 9.17) is 4.74 Å². The van der Waals surface area contributed by atoms with Crippen molar-refractivity contribution < 1.29 is 9.53 Å². The standard InChI is InChI=1S/C19H39N3O2/c1-8-12-21(9-2)14-11-20-16-10-13-22(15-19(16,6)7)17(23)24-18(3,4)5/h16,20H,8-15H2,1-7H3. The second-order valence-corrected chi connectivity index (χ2v) is 8.62. The van der Waals surface area contributed by atoms with Gasteiger partial charge in [-0.2, -0.15) is 0 Å². The Balaban J connectivity index is 2.47. The van der Waals surface area contributed by atoms with E-state index in [0.29, 0.717) is 6.04 Å². The van der Waals surface area contributed by atoms with Gasteiger partial charge in [-0.3, -0.25) is 0 Å². The van der Waals surface area contributed by atoms with Crippen LogP contribution in [0, 0.1) is 5.41 Å². The Morgan fingerprint density at radius 3 is 2.46 bits per heavy atom. The maximum Gasteiger partial charge on any atom is 0.410 e. The van der Waals surface area contributed by atoms with Gasteiger partial charge in [0.1, 0.15) is 5.60 Å². The monoisotopic (exact) mass is 341 g/mol. The van der Waals surface area contributed by atoms with E-state index in [2.05, 4.69) is 37.9 Å². The van der Waals surface area contributed by atoms with Gasteiger partial charge in [-0.1, -0.05) is 27.7 Å². The Hall–Kier alpha value is -0.810. The molecule has 0 spiro atoms. The number of hydrogen-bond donors (Lipinski definition) is 1. The Bertz CT molecular complexity index is 391. The van der Waals surface area contributed by atoms with Gasteiger partial charge in [-0.15, -0.1) is 0 Å². The maximum absolute atomic E-state index is 12.3. The van der Waals surface area contributed by atoms with Crippen molar-refractivity contribution in [1.82, 2.24) is 15.1 Å². The van der Waals surface area contributed by atoms with Crippen molar-refractivity contribution in [3.63, 3.8) is 0 Å². The van der Waals surface area contributed by atoms with Gasteiger partial charge in [-0.05, 0) is 52.1 Å². The van der Waals surface area contributed by atoms with Gasteiger partial charge in [0.2, 0.25) is 0 Å². The third kappa shape index (κ3) is 6.98. The number of carbonyl (C=O) groups is 1. The average Bonchev–Trinajstić information content (AvgIpc) is 2.45. The molecular weight excluding hydrogens is 302 g/mol. The molecule has 24 heavy (non-hydrogen) atoms. The van der Waals surface area contributed by atoms with E-state index in [0.717, 1.165) is 39.1 Å². The lowest BCUT2D eigenvalue weighted by atomic mass is 9.79. The summed E-state index contributed by atoms with van der Waals surface area (Å²) in [5.74, 6) is 0. The predicted octanol–water partition coefficient (Wildman–Crippen LogP) is 3.34. The van der Waals surface area contributed by atoms with Crippen molar-refractivity contribution in [2.45, 2.75) is 73.0 Å². The molecular formula is C19H39N3O2. The van der Waals surface area contributed by atoms with Gasteiger partial charge in [0, 0.05) is 32.2 Å². The lowest BCUT2D eigenvalue weighted by molar-refractivity contribution is 0.00210. The summed E-state index contributed by atoms with van der Waals surface area (Å²) in [7, 11) is 0. The highest BCUT2D eigenvalue weighted by molar-refractivity contribution is 5.68. The van der Waals surface area contributed by atoms with Crippen LogP contribution in [0.25, 0.3) is 0 Å². The molecule has 0 aromatic carbocycles. The van der Waals surface area contributed by atoms with E-state index in [1.807, 2.05) is 25.7 Å². The van der Waals surface area contributed by atoms with Gasteiger partial charge >= 0.3 is 6.09 Å². The Morgan fingerprint density at radius 1 is 1.29 bits per heavy atom. The van der Waals surface area contributed by atoms with E-state index in [1.165, 1.54) is 13.0 Å². The molecule has 0 aliphatic carbocycles. The minimum absolute atomic E-state index is 0.0525. The van der Waals surface area contributed by atoms with Crippen LogP contribution in [0.2, 0.25) is 0 Å². The lowest BCUT2D eigenvalue weighted by Gasteiger charge is -2.45. The van der Waals surface area contributed by atoms with Crippen LogP contribution in [0.5, 0.6) is 0 Å². The van der Waals surface area contributed by atoms with Crippen molar-refractivity contribution in [2.75, 3.05) is 39.3 Å². The summed E-state index contributed by atoms with van der Waals surface area (Å²) in [6.45, 7) is 20.6. The molecule has 0 aromatic heterocycles. The van der Waals surface area contributed by atoms with E-state index in [-0.39, 0.29) is 11.5 Å². The van der Waals surface area contributed by atoms with Crippen molar-refractivity contribution >= 4 is 6.09 Å². The third-order valence-electron chi connectivity index (χ3n) is 4.69. The highest BCUT2D eigenvalue weighted by Crippen LogP contribution is 2.30. The van der Waals surface area contributed by atoms with Gasteiger partial charge in [0.05, 0.1) is 0 Å². The SMILES string of the molecule is CCCN(CC)CCNC1CCN(C(=O)OC(C)(C)C)CC1(C)C. The van der Waals surface area contributed by atoms with E-state index < -0.39 is 5.60 Å². The van der Waals surface area contributed by atoms with Gasteiger partial charge < -0.3 is 19.9 Å². The first kappa shape index (κ1) is 21.2. The number of amides is 1. The van der Waals surface area contributed by atoms with Crippen LogP contribution >= 0.6 is 0 Å². The number of piperidine rings is 1. The van der Waals surface area contributed by atoms with Crippen LogP contribution in [0.1, 0.15) is 61.3 Å². The minimum Gasteiger partial charge on any atom is -0.444 e. The zero-order chi connectivity index (χ0) is 18.4. The molecule has 5 heteroatoms. The van der Waals surface area contributed by atoms with E-state index in [9.17, 15) is 4.79 Å². The lowest BCUT2D eigenvalue weighted by Crippen LogP contribution is -2.57. The van der Waals surface area contributed by atoms with Crippen LogP contribution in [0.3, 0.4) is 0 Å². The number of carbonyl (C=O) groups excluding carboxylic acids is 1. The molecule has 142 valence electrons. The molecule has 1 N–H and O–H groups in total. The van der Waals surface area contributed by atoms with Crippen LogP contribution in [-0.4, -0.2) is 66.8 Å². The number of nitrogens with one attached hydrogen (secondary N) is 1. The maximum atomic E-state index is 12.3. The first-order valence-electron chi connectivity index (χ1n) is 9.52. The molecule has 1 heterocycles. The summed E-state index contributed by atoms with van der Waals surface area (Å²) < 4.78 is 5.52. The molecule has 1 aliphatic rings. The van der Waals surface area contributed by atoms with Crippen molar-refractivity contribution in [2.24, 2.45) is 5.41 Å². The van der Waals surface area contributed by atoms with Gasteiger partial charge in [0.15, 0.2) is 0 Å². The number of nitrogens with zero attached hydrogens (tertiary/aromatic N) is 2. The highest BCUT2D eigenvalue weighted by Gasteiger charge is 2.38. The number of likely N-dealkylation sites (N-methyl/N-ethyl adjacent to an activating group) is 1. The first-order chi connectivity index (χ1) is 11.1. The summed E-state index contributed by atoms with van der Waals surface area (Å²) in [5, 5.41) is 3.72. The largest absolute Gasteiger partial charge is 0.444 e. The number of rotatable bonds is 7. The molecule has 1 amide bonds. The molecule has 0 saturated carbocycles. The Kier molecular flexibility index (Phi) is 8.00. The number of likely N-dealkylation sites (tertiary alicyclic amines) is 1. The topological polar surface area (TPSA) is 44.8 Å². The molecule has 1 unspecified atom stereocenters. The van der Waals surface area contributed by atoms with Gasteiger partial charge in [0.25, 0.3) is 0 Å². The molecule has 1 saturated heterocycles. The minimum atomic E-state index is -0.431. The summed E-state index contributed by atoms with van der Waals surface area (Å²) in [6, 6.07) is 0.441. The molecule has 1 atom stereocenters. The third-order valence-corrected chi connectivity index (χ3v) is 4.69. The van der Waals surface area contributed by atoms with Crippen LogP contribution < -0.4 is 5.32 Å².